The molecule has 0 unspecified atom stereocenters. The van der Waals surface area contributed by atoms with Crippen molar-refractivity contribution in [1.29, 1.82) is 0 Å². The molecule has 0 radical (unpaired) electrons. The predicted molar refractivity (Wildman–Crippen MR) is 64.3 cm³/mol. The van der Waals surface area contributed by atoms with Crippen LogP contribution in [0.5, 0.6) is 0 Å². The Morgan fingerprint density at radius 1 is 1.50 bits per heavy atom. The molecule has 1 aliphatic heterocycles. The maximum atomic E-state index is 4.27. The van der Waals surface area contributed by atoms with Crippen molar-refractivity contribution < 1.29 is 0 Å². The second kappa shape index (κ2) is 3.26. The van der Waals surface area contributed by atoms with Gasteiger partial charge in [0.25, 0.3) is 0 Å². The molecular weight excluding hydrogens is 170 g/mol. The average molecular weight is 184 g/mol. The molecule has 1 aromatic rings. The Balaban J connectivity index is 2.44. The Morgan fingerprint density at radius 2 is 2.29 bits per heavy atom. The second-order valence-electron chi connectivity index (χ2n) is 4.35. The van der Waals surface area contributed by atoms with Gasteiger partial charge in [-0.15, -0.1) is 0 Å². The van der Waals surface area contributed by atoms with Crippen LogP contribution in [0.4, 0.5) is 11.4 Å². The Labute approximate surface area is 86.5 Å². The summed E-state index contributed by atoms with van der Waals surface area (Å²) in [6.07, 6.45) is 0. The number of nitrogens with one attached hydrogen (secondary N) is 1. The van der Waals surface area contributed by atoms with Gasteiger partial charge in [0.05, 0.1) is 0 Å². The van der Waals surface area contributed by atoms with Crippen molar-refractivity contribution in [3.63, 3.8) is 0 Å². The molecule has 2 rings (SSSR count). The quantitative estimate of drug-likeness (QED) is 0.656. The van der Waals surface area contributed by atoms with Crippen molar-refractivity contribution >= 4 is 26.1 Å². The van der Waals surface area contributed by atoms with E-state index >= 15 is 0 Å². The predicted octanol–water partition coefficient (Wildman–Crippen LogP) is 1.46. The monoisotopic (exact) mass is 184 g/mol. The Morgan fingerprint density at radius 3 is 3.00 bits per heavy atom. The van der Waals surface area contributed by atoms with Crippen LogP contribution in [0.3, 0.4) is 0 Å². The summed E-state index contributed by atoms with van der Waals surface area (Å²) in [5.41, 5.74) is 3.91. The van der Waals surface area contributed by atoms with Crippen molar-refractivity contribution in [1.82, 2.24) is 0 Å². The van der Waals surface area contributed by atoms with Crippen LogP contribution in [-0.2, 0) is 5.41 Å². The fourth-order valence-electron chi connectivity index (χ4n) is 1.91. The Kier molecular flexibility index (Phi) is 2.22. The fourth-order valence-corrected chi connectivity index (χ4v) is 1.91. The molecule has 4 heteroatoms. The van der Waals surface area contributed by atoms with E-state index in [1.807, 2.05) is 14.7 Å². The normalized spacial score (nSPS) is 17.6. The van der Waals surface area contributed by atoms with Gasteiger partial charge in [0.15, 0.2) is 0 Å². The van der Waals surface area contributed by atoms with E-state index in [0.29, 0.717) is 0 Å². The maximum absolute atomic E-state index is 4.27. The number of anilines is 1. The van der Waals surface area contributed by atoms with E-state index in [9.17, 15) is 0 Å². The molecule has 0 bridgehead atoms. The van der Waals surface area contributed by atoms with Crippen molar-refractivity contribution in [2.75, 3.05) is 11.9 Å². The average Bonchev–Trinajstić information content (AvgIpc) is 2.43. The van der Waals surface area contributed by atoms with Gasteiger partial charge in [0, 0.05) is 0 Å². The van der Waals surface area contributed by atoms with Gasteiger partial charge >= 0.3 is 85.9 Å². The molecule has 70 valence electrons. The molecule has 14 heavy (non-hydrogen) atoms. The van der Waals surface area contributed by atoms with Crippen LogP contribution in [0, 0.1) is 0 Å². The number of hydrogen-bond acceptors (Lipinski definition) is 2. The van der Waals surface area contributed by atoms with Gasteiger partial charge in [0.1, 0.15) is 0 Å². The molecule has 0 aromatic heterocycles. The van der Waals surface area contributed by atoms with Crippen molar-refractivity contribution in [3.05, 3.63) is 23.8 Å². The number of fused-ring (bicyclic) bond motifs is 1. The minimum absolute atomic E-state index is 0.254. The number of hydrogen-bond donors (Lipinski definition) is 1. The number of benzene rings is 1. The van der Waals surface area contributed by atoms with Crippen LogP contribution >= 0.6 is 0 Å². The van der Waals surface area contributed by atoms with E-state index in [-0.39, 0.29) is 5.41 Å². The number of nitrogens with zero attached hydrogens (tertiary/aromatic N) is 1. The first kappa shape index (κ1) is 9.50. The molecule has 0 saturated carbocycles. The molecule has 0 fully saturated rings. The first-order valence-corrected chi connectivity index (χ1v) is 5.00. The summed E-state index contributed by atoms with van der Waals surface area (Å²) in [5.74, 6) is 0. The van der Waals surface area contributed by atoms with Crippen molar-refractivity contribution in [2.24, 2.45) is 4.90 Å². The summed E-state index contributed by atoms with van der Waals surface area (Å²) in [5, 5.41) is 3.42. The summed E-state index contributed by atoms with van der Waals surface area (Å²) in [7, 11) is 1.94. The standard InChI is InChI=1S/C10H14B2N2/c1-10(2)6-13-9-5-7(14-12-11)3-4-8(9)10/h3-5,13H,6,11H2,1-2H3. The Hall–Kier alpha value is -1.05. The van der Waals surface area contributed by atoms with Gasteiger partial charge in [-0.3, -0.25) is 0 Å². The van der Waals surface area contributed by atoms with Crippen LogP contribution in [0.2, 0.25) is 0 Å². The third kappa shape index (κ3) is 1.49. The van der Waals surface area contributed by atoms with Gasteiger partial charge in [-0.25, -0.2) is 0 Å². The first-order valence-electron chi connectivity index (χ1n) is 5.00. The third-order valence-electron chi connectivity index (χ3n) is 2.73. The molecule has 0 aliphatic carbocycles. The van der Waals surface area contributed by atoms with Crippen LogP contribution in [0.25, 0.3) is 0 Å². The second-order valence-corrected chi connectivity index (χ2v) is 4.35. The molecular formula is C10H14B2N2. The van der Waals surface area contributed by atoms with E-state index < -0.39 is 0 Å². The zero-order chi connectivity index (χ0) is 10.2. The van der Waals surface area contributed by atoms with Crippen LogP contribution in [-0.4, -0.2) is 21.2 Å². The van der Waals surface area contributed by atoms with E-state index in [1.54, 1.807) is 0 Å². The molecule has 2 nitrogen and oxygen atoms in total. The molecule has 1 aromatic carbocycles. The summed E-state index contributed by atoms with van der Waals surface area (Å²) < 4.78 is 0. The van der Waals surface area contributed by atoms with E-state index in [1.165, 1.54) is 11.3 Å². The molecule has 0 spiro atoms. The van der Waals surface area contributed by atoms with Crippen LogP contribution in [0.15, 0.2) is 23.1 Å². The fraction of sp³-hybridized carbons (Fsp3) is 0.400. The van der Waals surface area contributed by atoms with Gasteiger partial charge < -0.3 is 0 Å². The summed E-state index contributed by atoms with van der Waals surface area (Å²) in [6, 6.07) is 6.37. The first-order chi connectivity index (χ1) is 6.63. The molecule has 0 amide bonds. The SMILES string of the molecule is BB=Nc1ccc2c(c1)NCC2(C)C. The van der Waals surface area contributed by atoms with Crippen molar-refractivity contribution in [3.8, 4) is 0 Å². The molecule has 1 aliphatic rings. The summed E-state index contributed by atoms with van der Waals surface area (Å²) in [4.78, 5) is 4.27. The molecule has 1 heterocycles. The third-order valence-corrected chi connectivity index (χ3v) is 2.73. The van der Waals surface area contributed by atoms with E-state index in [4.69, 9.17) is 0 Å². The van der Waals surface area contributed by atoms with Crippen molar-refractivity contribution in [2.45, 2.75) is 19.3 Å². The number of rotatable bonds is 1. The van der Waals surface area contributed by atoms with E-state index in [0.717, 1.165) is 12.2 Å². The van der Waals surface area contributed by atoms with Crippen LogP contribution < -0.4 is 5.32 Å². The Bertz CT molecular complexity index is 386. The van der Waals surface area contributed by atoms with Gasteiger partial charge in [-0.2, -0.15) is 0 Å². The zero-order valence-electron chi connectivity index (χ0n) is 8.96. The summed E-state index contributed by atoms with van der Waals surface area (Å²) >= 11 is 0. The van der Waals surface area contributed by atoms with Gasteiger partial charge in [-0.05, 0) is 0 Å². The topological polar surface area (TPSA) is 24.4 Å². The summed E-state index contributed by atoms with van der Waals surface area (Å²) in [6.45, 7) is 7.35. The minimum atomic E-state index is 0.254. The van der Waals surface area contributed by atoms with Gasteiger partial charge in [0.2, 0.25) is 0 Å². The zero-order valence-corrected chi connectivity index (χ0v) is 8.96. The van der Waals surface area contributed by atoms with Gasteiger partial charge in [-0.1, -0.05) is 0 Å². The molecule has 1 N–H and O–H groups in total. The molecule has 0 saturated heterocycles. The van der Waals surface area contributed by atoms with E-state index in [2.05, 4.69) is 42.3 Å². The molecule has 0 atom stereocenters. The van der Waals surface area contributed by atoms with Crippen LogP contribution in [0.1, 0.15) is 19.4 Å².